The van der Waals surface area contributed by atoms with Gasteiger partial charge in [0.1, 0.15) is 0 Å². The van der Waals surface area contributed by atoms with Crippen molar-refractivity contribution in [2.75, 3.05) is 26.2 Å². The van der Waals surface area contributed by atoms with Gasteiger partial charge in [0.25, 0.3) is 0 Å². The molecule has 0 saturated heterocycles. The molecule has 176 valence electrons. The maximum absolute atomic E-state index is 12.8. The molecule has 10 nitrogen and oxygen atoms in total. The molecular formula is C23H26N2O8. The number of ether oxygens (including phenoxy) is 3. The summed E-state index contributed by atoms with van der Waals surface area (Å²) in [6.07, 6.45) is -1.46. The fraction of sp³-hybridized carbons (Fsp3) is 0.348. The number of hydrogen-bond donors (Lipinski definition) is 2. The summed E-state index contributed by atoms with van der Waals surface area (Å²) in [5, 5.41) is 19.1. The lowest BCUT2D eigenvalue weighted by atomic mass is 9.90. The third kappa shape index (κ3) is 4.64. The van der Waals surface area contributed by atoms with Gasteiger partial charge >= 0.3 is 18.2 Å². The van der Waals surface area contributed by atoms with Crippen LogP contribution in [0, 0.1) is 0 Å². The maximum atomic E-state index is 12.8. The Bertz CT molecular complexity index is 1070. The van der Waals surface area contributed by atoms with Gasteiger partial charge in [-0.2, -0.15) is 0 Å². The van der Waals surface area contributed by atoms with Gasteiger partial charge in [-0.3, -0.25) is 9.80 Å². The molecule has 1 aliphatic heterocycles. The predicted octanol–water partition coefficient (Wildman–Crippen LogP) is 3.99. The highest BCUT2D eigenvalue weighted by Gasteiger charge is 2.39. The molecule has 2 N–H and O–H groups in total. The average molecular weight is 458 g/mol. The zero-order valence-electron chi connectivity index (χ0n) is 18.8. The molecule has 0 saturated carbocycles. The summed E-state index contributed by atoms with van der Waals surface area (Å²) in [5.41, 5.74) is 1.61. The standard InChI is InChI=1S/C23H26N2O8/c1-13-8-17(16-10-19(31-2)20(32-3)11-18(16)25(13)22(28)29)24(23(30)33-4)12-14-6-5-7-15(9-14)21(26)27/h5-7,9-11,13,17H,8,12H2,1-4H3,(H,26,27)(H,28,29). The van der Waals surface area contributed by atoms with Crippen molar-refractivity contribution in [3.05, 3.63) is 53.1 Å². The van der Waals surface area contributed by atoms with E-state index in [0.29, 0.717) is 34.7 Å². The SMILES string of the molecule is COC(=O)N(Cc1cccc(C(=O)O)c1)C1CC(C)N(C(=O)O)c2cc(OC)c(OC)cc21. The Kier molecular flexibility index (Phi) is 6.95. The summed E-state index contributed by atoms with van der Waals surface area (Å²) >= 11 is 0. The number of methoxy groups -OCH3 is 3. The van der Waals surface area contributed by atoms with Gasteiger partial charge in [0, 0.05) is 24.2 Å². The monoisotopic (exact) mass is 458 g/mol. The van der Waals surface area contributed by atoms with Crippen molar-refractivity contribution in [1.29, 1.82) is 0 Å². The minimum Gasteiger partial charge on any atom is -0.493 e. The van der Waals surface area contributed by atoms with Crippen molar-refractivity contribution in [2.45, 2.75) is 32.0 Å². The van der Waals surface area contributed by atoms with Crippen LogP contribution in [0.3, 0.4) is 0 Å². The molecular weight excluding hydrogens is 432 g/mol. The topological polar surface area (TPSA) is 126 Å². The Balaban J connectivity index is 2.13. The third-order valence-electron chi connectivity index (χ3n) is 5.67. The zero-order chi connectivity index (χ0) is 24.3. The van der Waals surface area contributed by atoms with Crippen molar-refractivity contribution in [2.24, 2.45) is 0 Å². The molecule has 33 heavy (non-hydrogen) atoms. The molecule has 0 aliphatic carbocycles. The number of carboxylic acid groups (broad SMARTS) is 2. The Hall–Kier alpha value is -3.95. The molecule has 2 atom stereocenters. The molecule has 0 aromatic heterocycles. The lowest BCUT2D eigenvalue weighted by molar-refractivity contribution is 0.0696. The van der Waals surface area contributed by atoms with Gasteiger partial charge < -0.3 is 24.4 Å². The number of carbonyl (C=O) groups excluding carboxylic acids is 1. The van der Waals surface area contributed by atoms with E-state index in [9.17, 15) is 24.6 Å². The highest BCUT2D eigenvalue weighted by Crippen LogP contribution is 2.46. The van der Waals surface area contributed by atoms with Crippen LogP contribution < -0.4 is 14.4 Å². The van der Waals surface area contributed by atoms with Crippen LogP contribution in [0.25, 0.3) is 0 Å². The number of benzene rings is 2. The van der Waals surface area contributed by atoms with Crippen molar-refractivity contribution in [1.82, 2.24) is 4.90 Å². The summed E-state index contributed by atoms with van der Waals surface area (Å²) in [6.45, 7) is 1.81. The third-order valence-corrected chi connectivity index (χ3v) is 5.67. The van der Waals surface area contributed by atoms with E-state index in [0.717, 1.165) is 0 Å². The van der Waals surface area contributed by atoms with Gasteiger partial charge in [-0.1, -0.05) is 12.1 Å². The lowest BCUT2D eigenvalue weighted by Crippen LogP contribution is -2.47. The molecule has 0 radical (unpaired) electrons. The number of amides is 2. The van der Waals surface area contributed by atoms with E-state index < -0.39 is 30.2 Å². The van der Waals surface area contributed by atoms with Gasteiger partial charge in [0.05, 0.1) is 38.6 Å². The molecule has 1 heterocycles. The van der Waals surface area contributed by atoms with E-state index in [-0.39, 0.29) is 12.1 Å². The second kappa shape index (κ2) is 9.68. The van der Waals surface area contributed by atoms with Gasteiger partial charge in [-0.25, -0.2) is 14.4 Å². The predicted molar refractivity (Wildman–Crippen MR) is 118 cm³/mol. The molecule has 10 heteroatoms. The molecule has 0 spiro atoms. The minimum atomic E-state index is -1.13. The van der Waals surface area contributed by atoms with E-state index in [1.54, 1.807) is 31.2 Å². The molecule has 2 aromatic carbocycles. The zero-order valence-corrected chi connectivity index (χ0v) is 18.8. The quantitative estimate of drug-likeness (QED) is 0.666. The first kappa shape index (κ1) is 23.7. The molecule has 3 rings (SSSR count). The van der Waals surface area contributed by atoms with E-state index in [4.69, 9.17) is 14.2 Å². The fourth-order valence-electron chi connectivity index (χ4n) is 4.16. The summed E-state index contributed by atoms with van der Waals surface area (Å²) < 4.78 is 15.8. The van der Waals surface area contributed by atoms with E-state index >= 15 is 0 Å². The Morgan fingerprint density at radius 2 is 1.73 bits per heavy atom. The summed E-state index contributed by atoms with van der Waals surface area (Å²) in [7, 11) is 4.18. The van der Waals surface area contributed by atoms with Gasteiger partial charge in [0.15, 0.2) is 11.5 Å². The van der Waals surface area contributed by atoms with Crippen molar-refractivity contribution < 1.29 is 38.8 Å². The number of hydrogen-bond acceptors (Lipinski definition) is 6. The highest BCUT2D eigenvalue weighted by atomic mass is 16.5. The average Bonchev–Trinajstić information content (AvgIpc) is 2.80. The number of fused-ring (bicyclic) bond motifs is 1. The van der Waals surface area contributed by atoms with Gasteiger partial charge in [-0.05, 0) is 37.1 Å². The number of carboxylic acids is 1. The normalized spacial score (nSPS) is 17.0. The Morgan fingerprint density at radius 3 is 2.30 bits per heavy atom. The van der Waals surface area contributed by atoms with Crippen LogP contribution in [0.5, 0.6) is 11.5 Å². The van der Waals surface area contributed by atoms with E-state index in [2.05, 4.69) is 0 Å². The first-order chi connectivity index (χ1) is 15.7. The van der Waals surface area contributed by atoms with Crippen molar-refractivity contribution in [3.63, 3.8) is 0 Å². The fourth-order valence-corrected chi connectivity index (χ4v) is 4.16. The molecule has 1 aliphatic rings. The van der Waals surface area contributed by atoms with E-state index in [1.807, 2.05) is 0 Å². The molecule has 2 amide bonds. The summed E-state index contributed by atoms with van der Waals surface area (Å²) in [4.78, 5) is 38.9. The second-order valence-electron chi connectivity index (χ2n) is 7.62. The summed E-state index contributed by atoms with van der Waals surface area (Å²) in [5.74, 6) is -0.333. The largest absolute Gasteiger partial charge is 0.493 e. The number of aromatic carboxylic acids is 1. The van der Waals surface area contributed by atoms with Crippen molar-refractivity contribution >= 4 is 23.8 Å². The van der Waals surface area contributed by atoms with Crippen LogP contribution in [0.2, 0.25) is 0 Å². The van der Waals surface area contributed by atoms with Crippen LogP contribution in [-0.4, -0.2) is 60.6 Å². The molecule has 2 unspecified atom stereocenters. The minimum absolute atomic E-state index is 0.0615. The van der Waals surface area contributed by atoms with E-state index in [1.165, 1.54) is 43.3 Å². The lowest BCUT2D eigenvalue weighted by Gasteiger charge is -2.42. The first-order valence-electron chi connectivity index (χ1n) is 10.2. The molecule has 0 bridgehead atoms. The van der Waals surface area contributed by atoms with Gasteiger partial charge in [0.2, 0.25) is 0 Å². The van der Waals surface area contributed by atoms with Crippen LogP contribution in [0.1, 0.15) is 40.9 Å². The smallest absolute Gasteiger partial charge is 0.412 e. The van der Waals surface area contributed by atoms with Crippen LogP contribution in [0.15, 0.2) is 36.4 Å². The number of anilines is 1. The number of carbonyl (C=O) groups is 3. The maximum Gasteiger partial charge on any atom is 0.412 e. The van der Waals surface area contributed by atoms with Crippen LogP contribution in [-0.2, 0) is 11.3 Å². The Morgan fingerprint density at radius 1 is 1.06 bits per heavy atom. The van der Waals surface area contributed by atoms with Crippen LogP contribution in [0.4, 0.5) is 15.3 Å². The van der Waals surface area contributed by atoms with Gasteiger partial charge in [-0.15, -0.1) is 0 Å². The molecule has 0 fully saturated rings. The van der Waals surface area contributed by atoms with Crippen LogP contribution >= 0.6 is 0 Å². The van der Waals surface area contributed by atoms with Crippen molar-refractivity contribution in [3.8, 4) is 11.5 Å². The first-order valence-corrected chi connectivity index (χ1v) is 10.2. The number of nitrogens with zero attached hydrogens (tertiary/aromatic N) is 2. The second-order valence-corrected chi connectivity index (χ2v) is 7.62. The highest BCUT2D eigenvalue weighted by molar-refractivity contribution is 5.90. The molecule has 2 aromatic rings. The Labute approximate surface area is 190 Å². The number of rotatable bonds is 6. The summed E-state index contributed by atoms with van der Waals surface area (Å²) in [6, 6.07) is 8.48.